The first kappa shape index (κ1) is 39.6. The van der Waals surface area contributed by atoms with Crippen molar-refractivity contribution in [2.45, 2.75) is 94.9 Å². The van der Waals surface area contributed by atoms with Gasteiger partial charge >= 0.3 is 108 Å². The van der Waals surface area contributed by atoms with Crippen molar-refractivity contribution in [1.82, 2.24) is 0 Å². The van der Waals surface area contributed by atoms with Gasteiger partial charge in [0.25, 0.3) is 0 Å². The van der Waals surface area contributed by atoms with Crippen LogP contribution in [0.4, 0.5) is 0 Å². The molecule has 172 valence electrons. The van der Waals surface area contributed by atoms with Gasteiger partial charge in [-0.3, -0.25) is 19.7 Å². The second-order valence-electron chi connectivity index (χ2n) is 5.54. The van der Waals surface area contributed by atoms with Crippen molar-refractivity contribution >= 4 is 124 Å². The predicted octanol–water partition coefficient (Wildman–Crippen LogP) is 10.9. The van der Waals surface area contributed by atoms with Crippen LogP contribution < -0.4 is 0 Å². The van der Waals surface area contributed by atoms with Gasteiger partial charge < -0.3 is 23.3 Å². The zero-order valence-corrected chi connectivity index (χ0v) is 31.6. The second kappa shape index (κ2) is 41.6. The maximum absolute atomic E-state index is 4.62. The second-order valence-corrected chi connectivity index (χ2v) is 36.0. The Labute approximate surface area is 226 Å². The molecule has 0 aliphatic rings. The standard InChI is InChI=1S/2C3H8S4.6C2H5.2Sn/c2*1-2-3-5-7-6-4;6*1-2;;/h2*4H,2-3H2,1H3;6*1H2,2H3;;/q;;;;;;;;2*+1/p-2. The fourth-order valence-corrected chi connectivity index (χ4v) is 16.6. The number of hydrogen-bond acceptors (Lipinski definition) is 8. The molecule has 10 heteroatoms. The molecular weight excluding hydrogens is 710 g/mol. The van der Waals surface area contributed by atoms with Crippen LogP contribution in [0.15, 0.2) is 0 Å². The van der Waals surface area contributed by atoms with Crippen LogP contribution in [0.1, 0.15) is 68.2 Å². The van der Waals surface area contributed by atoms with E-state index in [1.165, 1.54) is 44.0 Å². The molecule has 0 rings (SSSR count). The van der Waals surface area contributed by atoms with Gasteiger partial charge in [-0.1, -0.05) is 55.1 Å². The Bertz CT molecular complexity index is 181. The Morgan fingerprint density at radius 2 is 0.750 bits per heavy atom. The van der Waals surface area contributed by atoms with Gasteiger partial charge in [0.2, 0.25) is 0 Å². The average Bonchev–Trinajstić information content (AvgIpc) is 2.73. The zero-order valence-electron chi connectivity index (χ0n) is 19.3. The molecule has 0 radical (unpaired) electrons. The summed E-state index contributed by atoms with van der Waals surface area (Å²) >= 11 is 7.94. The summed E-state index contributed by atoms with van der Waals surface area (Å²) in [5.74, 6) is 2.43. The molecule has 0 nitrogen and oxygen atoms in total. The van der Waals surface area contributed by atoms with Gasteiger partial charge in [-0.05, 0) is 12.8 Å². The molecule has 0 amide bonds. The number of hydrogen-bond donors (Lipinski definition) is 0. The van der Waals surface area contributed by atoms with Gasteiger partial charge in [-0.2, -0.15) is 0 Å². The molecule has 0 aromatic heterocycles. The summed E-state index contributed by atoms with van der Waals surface area (Å²) < 4.78 is 9.30. The van der Waals surface area contributed by atoms with Crippen LogP contribution >= 0.6 is 60.9 Å². The van der Waals surface area contributed by atoms with E-state index >= 15 is 0 Å². The van der Waals surface area contributed by atoms with E-state index in [2.05, 4.69) is 78.7 Å². The zero-order chi connectivity index (χ0) is 22.5. The molecular formula is C18H44S8Sn2. The first-order chi connectivity index (χ1) is 13.5. The van der Waals surface area contributed by atoms with Gasteiger partial charge in [0.15, 0.2) is 0 Å². The van der Waals surface area contributed by atoms with Gasteiger partial charge in [0.1, 0.15) is 0 Å². The normalized spacial score (nSPS) is 9.21. The first-order valence-corrected chi connectivity index (χ1v) is 31.6. The van der Waals surface area contributed by atoms with Crippen LogP contribution in [0, 0.1) is 0 Å². The van der Waals surface area contributed by atoms with E-state index < -0.39 is 39.5 Å². The first-order valence-electron chi connectivity index (χ1n) is 10.4. The molecule has 0 bridgehead atoms. The van der Waals surface area contributed by atoms with E-state index in [0.29, 0.717) is 0 Å². The SMILES string of the molecule is CCCSSS[S-].CCCSSS[S-].C[CH2][Sn+]([CH2]C)[CH2]C.C[CH2][Sn+]([CH2]C)[CH2]C. The van der Waals surface area contributed by atoms with Crippen molar-refractivity contribution in [1.29, 1.82) is 0 Å². The van der Waals surface area contributed by atoms with Crippen LogP contribution in [0.3, 0.4) is 0 Å². The number of rotatable bonds is 14. The Hall–Kier alpha value is 4.40. The summed E-state index contributed by atoms with van der Waals surface area (Å²) in [5.41, 5.74) is 0. The molecule has 0 aromatic carbocycles. The van der Waals surface area contributed by atoms with Gasteiger partial charge in [0, 0.05) is 11.5 Å². The van der Waals surface area contributed by atoms with Crippen molar-refractivity contribution in [2.75, 3.05) is 11.5 Å². The van der Waals surface area contributed by atoms with Gasteiger partial charge in [-0.15, -0.1) is 0 Å². The van der Waals surface area contributed by atoms with Crippen LogP contribution in [-0.4, -0.2) is 51.0 Å². The quantitative estimate of drug-likeness (QED) is 0.0735. The van der Waals surface area contributed by atoms with E-state index in [1.807, 2.05) is 21.6 Å². The predicted molar refractivity (Wildman–Crippen MR) is 165 cm³/mol. The van der Waals surface area contributed by atoms with Crippen LogP contribution in [0.5, 0.6) is 0 Å². The minimum absolute atomic E-state index is 0.653. The van der Waals surface area contributed by atoms with E-state index in [0.717, 1.165) is 0 Å². The van der Waals surface area contributed by atoms with Crippen LogP contribution in [0.2, 0.25) is 26.6 Å². The van der Waals surface area contributed by atoms with Crippen LogP contribution in [-0.2, 0) is 23.3 Å². The summed E-state index contributed by atoms with van der Waals surface area (Å²) in [6, 6.07) is 0. The molecule has 0 saturated carbocycles. The van der Waals surface area contributed by atoms with Crippen molar-refractivity contribution in [2.24, 2.45) is 0 Å². The monoisotopic (exact) mass is 756 g/mol. The van der Waals surface area contributed by atoms with Gasteiger partial charge in [-0.25, -0.2) is 0 Å². The van der Waals surface area contributed by atoms with Crippen LogP contribution in [0.25, 0.3) is 0 Å². The molecule has 0 aromatic rings. The summed E-state index contributed by atoms with van der Waals surface area (Å²) in [4.78, 5) is 0. The van der Waals surface area contributed by atoms with E-state index in [1.54, 1.807) is 46.3 Å². The molecule has 0 heterocycles. The summed E-state index contributed by atoms with van der Waals surface area (Å²) in [6.07, 6.45) is 2.49. The van der Waals surface area contributed by atoms with Crippen molar-refractivity contribution in [3.8, 4) is 0 Å². The van der Waals surface area contributed by atoms with Gasteiger partial charge in [0.05, 0.1) is 0 Å². The van der Waals surface area contributed by atoms with E-state index in [-0.39, 0.29) is 0 Å². The molecule has 0 aliphatic heterocycles. The topological polar surface area (TPSA) is 0 Å². The third-order valence-corrected chi connectivity index (χ3v) is 29.9. The van der Waals surface area contributed by atoms with E-state index in [9.17, 15) is 0 Å². The molecule has 0 N–H and O–H groups in total. The molecule has 0 atom stereocenters. The van der Waals surface area contributed by atoms with Crippen molar-refractivity contribution in [3.05, 3.63) is 0 Å². The summed E-state index contributed by atoms with van der Waals surface area (Å²) in [7, 11) is 9.83. The summed E-state index contributed by atoms with van der Waals surface area (Å²) in [6.45, 7) is 18.4. The Morgan fingerprint density at radius 3 is 0.857 bits per heavy atom. The molecule has 28 heavy (non-hydrogen) atoms. The van der Waals surface area contributed by atoms with Crippen molar-refractivity contribution in [3.63, 3.8) is 0 Å². The molecule has 0 unspecified atom stereocenters. The fraction of sp³-hybridized carbons (Fsp3) is 1.00. The molecule has 0 saturated heterocycles. The Kier molecular flexibility index (Phi) is 58.9. The third kappa shape index (κ3) is 44.1. The Morgan fingerprint density at radius 1 is 0.500 bits per heavy atom. The maximum atomic E-state index is 4.62. The molecule has 0 spiro atoms. The average molecular weight is 755 g/mol. The fourth-order valence-electron chi connectivity index (χ4n) is 1.77. The summed E-state index contributed by atoms with van der Waals surface area (Å²) in [5, 5.41) is 0. The van der Waals surface area contributed by atoms with Crippen molar-refractivity contribution < 1.29 is 0 Å². The Balaban J connectivity index is -0.000000137. The van der Waals surface area contributed by atoms with E-state index in [4.69, 9.17) is 0 Å². The minimum atomic E-state index is -0.653. The molecule has 0 aliphatic carbocycles. The molecule has 0 fully saturated rings. The third-order valence-electron chi connectivity index (χ3n) is 3.73.